The fourth-order valence-electron chi connectivity index (χ4n) is 5.94. The molecule has 266 valence electrons. The van der Waals surface area contributed by atoms with E-state index < -0.39 is 17.6 Å². The minimum atomic E-state index is -4.57. The van der Waals surface area contributed by atoms with Crippen LogP contribution in [0.15, 0.2) is 85.1 Å². The van der Waals surface area contributed by atoms with Gasteiger partial charge in [-0.05, 0) is 74.0 Å². The number of ether oxygens (including phenoxy) is 3. The molecule has 10 nitrogen and oxygen atoms in total. The Bertz CT molecular complexity index is 2020. The summed E-state index contributed by atoms with van der Waals surface area (Å²) < 4.78 is 57.8. The van der Waals surface area contributed by atoms with Crippen molar-refractivity contribution in [3.05, 3.63) is 107 Å². The van der Waals surface area contributed by atoms with Crippen molar-refractivity contribution in [1.82, 2.24) is 19.4 Å². The summed E-state index contributed by atoms with van der Waals surface area (Å²) in [6, 6.07) is 21.3. The molecule has 0 spiro atoms. The van der Waals surface area contributed by atoms with Gasteiger partial charge in [-0.3, -0.25) is 14.5 Å². The predicted octanol–water partition coefficient (Wildman–Crippen LogP) is 7.39. The Morgan fingerprint density at radius 3 is 2.27 bits per heavy atom. The van der Waals surface area contributed by atoms with E-state index in [4.69, 9.17) is 14.2 Å². The van der Waals surface area contributed by atoms with E-state index >= 15 is 0 Å². The molecule has 1 fully saturated rings. The Hall–Kier alpha value is -5.56. The van der Waals surface area contributed by atoms with E-state index in [2.05, 4.69) is 27.3 Å². The number of methoxy groups -OCH3 is 1. The first-order valence-corrected chi connectivity index (χ1v) is 16.4. The van der Waals surface area contributed by atoms with Gasteiger partial charge in [0.1, 0.15) is 22.9 Å². The molecule has 51 heavy (non-hydrogen) atoms. The van der Waals surface area contributed by atoms with Crippen molar-refractivity contribution in [2.45, 2.75) is 32.7 Å². The van der Waals surface area contributed by atoms with Gasteiger partial charge in [-0.1, -0.05) is 12.1 Å². The highest BCUT2D eigenvalue weighted by Crippen LogP contribution is 2.34. The number of aryl methyl sites for hydroxylation is 1. The number of anilines is 1. The summed E-state index contributed by atoms with van der Waals surface area (Å²) in [4.78, 5) is 34.9. The second-order valence-corrected chi connectivity index (χ2v) is 12.5. The molecule has 2 amide bonds. The van der Waals surface area contributed by atoms with Gasteiger partial charge in [0.15, 0.2) is 0 Å². The maximum absolute atomic E-state index is 13.6. The number of nitrogens with zero attached hydrogens (tertiary/aromatic N) is 4. The quantitative estimate of drug-likeness (QED) is 0.162. The normalized spacial score (nSPS) is 13.8. The number of carbonyl (C=O) groups excluding carboxylic acids is 2. The van der Waals surface area contributed by atoms with Gasteiger partial charge in [-0.2, -0.15) is 13.2 Å². The molecule has 3 heterocycles. The van der Waals surface area contributed by atoms with Crippen LogP contribution in [0.2, 0.25) is 0 Å². The minimum absolute atomic E-state index is 0.0285. The van der Waals surface area contributed by atoms with E-state index in [1.807, 2.05) is 60.7 Å². The Kier molecular flexibility index (Phi) is 10.2. The maximum Gasteiger partial charge on any atom is 0.416 e. The number of fused-ring (bicyclic) bond motifs is 1. The standard InChI is InChI=1S/C38H38F3N5O5/c1-24(2)50-29-10-5-25(6-11-29)23-45-15-17-46(18-16-45)37(48)33-19-26-7-12-30(21-32(26)44(33)3)51-35-14-9-28(22-42-35)43-36(47)31-13-8-27(38(39,40)41)20-34(31)49-4/h5-14,19-22,24H,15-18,23H2,1-4H3,(H,43,47). The molecule has 3 aromatic carbocycles. The monoisotopic (exact) mass is 701 g/mol. The highest BCUT2D eigenvalue weighted by Gasteiger charge is 2.32. The van der Waals surface area contributed by atoms with Gasteiger partial charge >= 0.3 is 6.18 Å². The molecule has 0 atom stereocenters. The largest absolute Gasteiger partial charge is 0.496 e. The summed E-state index contributed by atoms with van der Waals surface area (Å²) in [5, 5.41) is 3.50. The molecule has 0 aliphatic carbocycles. The van der Waals surface area contributed by atoms with E-state index in [0.717, 1.165) is 54.5 Å². The summed E-state index contributed by atoms with van der Waals surface area (Å²) in [5.41, 5.74) is 1.93. The molecule has 2 aromatic heterocycles. The topological polar surface area (TPSA) is 98.2 Å². The van der Waals surface area contributed by atoms with Crippen LogP contribution in [0.4, 0.5) is 18.9 Å². The second-order valence-electron chi connectivity index (χ2n) is 12.5. The summed E-state index contributed by atoms with van der Waals surface area (Å²) in [6.07, 6.45) is -3.06. The van der Waals surface area contributed by atoms with E-state index in [9.17, 15) is 22.8 Å². The molecule has 13 heteroatoms. The van der Waals surface area contributed by atoms with Gasteiger partial charge in [-0.25, -0.2) is 4.98 Å². The zero-order valence-corrected chi connectivity index (χ0v) is 28.7. The molecule has 0 bridgehead atoms. The number of hydrogen-bond acceptors (Lipinski definition) is 7. The molecule has 1 N–H and O–H groups in total. The van der Waals surface area contributed by atoms with Gasteiger partial charge in [-0.15, -0.1) is 0 Å². The van der Waals surface area contributed by atoms with Gasteiger partial charge in [0, 0.05) is 57.3 Å². The SMILES string of the molecule is COc1cc(C(F)(F)F)ccc1C(=O)Nc1ccc(Oc2ccc3cc(C(=O)N4CCN(Cc5ccc(OC(C)C)cc5)CC4)n(C)c3c2)nc1. The number of benzene rings is 3. The molecule has 6 rings (SSSR count). The molecule has 0 saturated carbocycles. The molecule has 0 radical (unpaired) electrons. The van der Waals surface area contributed by atoms with E-state index in [1.165, 1.54) is 18.9 Å². The van der Waals surface area contributed by atoms with Crippen LogP contribution in [0.1, 0.15) is 45.8 Å². The Morgan fingerprint density at radius 2 is 1.63 bits per heavy atom. The first-order valence-electron chi connectivity index (χ1n) is 16.4. The van der Waals surface area contributed by atoms with Gasteiger partial charge in [0.2, 0.25) is 5.88 Å². The number of amides is 2. The molecule has 1 aliphatic heterocycles. The van der Waals surface area contributed by atoms with Crippen LogP contribution in [0, 0.1) is 0 Å². The molecule has 5 aromatic rings. The number of rotatable bonds is 10. The molecule has 1 saturated heterocycles. The van der Waals surface area contributed by atoms with Gasteiger partial charge in [0.05, 0.1) is 41.7 Å². The summed E-state index contributed by atoms with van der Waals surface area (Å²) in [6.45, 7) is 7.62. The lowest BCUT2D eigenvalue weighted by atomic mass is 10.1. The van der Waals surface area contributed by atoms with Gasteiger partial charge in [0.25, 0.3) is 11.8 Å². The third kappa shape index (κ3) is 8.26. The molecule has 1 aliphatic rings. The van der Waals surface area contributed by atoms with Crippen molar-refractivity contribution in [1.29, 1.82) is 0 Å². The third-order valence-corrected chi connectivity index (χ3v) is 8.59. The van der Waals surface area contributed by atoms with Crippen molar-refractivity contribution in [2.24, 2.45) is 7.05 Å². The lowest BCUT2D eigenvalue weighted by molar-refractivity contribution is -0.137. The molecular weight excluding hydrogens is 663 g/mol. The number of pyridine rings is 1. The highest BCUT2D eigenvalue weighted by molar-refractivity contribution is 6.06. The van der Waals surface area contributed by atoms with Crippen LogP contribution in [-0.2, 0) is 19.8 Å². The number of hydrogen-bond donors (Lipinski definition) is 1. The number of aromatic nitrogens is 2. The highest BCUT2D eigenvalue weighted by atomic mass is 19.4. The zero-order chi connectivity index (χ0) is 36.3. The van der Waals surface area contributed by atoms with Crippen LogP contribution < -0.4 is 19.5 Å². The van der Waals surface area contributed by atoms with Crippen molar-refractivity contribution < 1.29 is 37.0 Å². The Morgan fingerprint density at radius 1 is 0.902 bits per heavy atom. The van der Waals surface area contributed by atoms with Crippen LogP contribution in [0.5, 0.6) is 23.1 Å². The fourth-order valence-corrected chi connectivity index (χ4v) is 5.94. The van der Waals surface area contributed by atoms with E-state index in [1.54, 1.807) is 18.2 Å². The number of alkyl halides is 3. The van der Waals surface area contributed by atoms with Crippen molar-refractivity contribution in [3.63, 3.8) is 0 Å². The molecule has 0 unspecified atom stereocenters. The lowest BCUT2D eigenvalue weighted by Crippen LogP contribution is -2.48. The van der Waals surface area contributed by atoms with Crippen molar-refractivity contribution >= 4 is 28.4 Å². The lowest BCUT2D eigenvalue weighted by Gasteiger charge is -2.34. The minimum Gasteiger partial charge on any atom is -0.496 e. The number of carbonyl (C=O) groups is 2. The van der Waals surface area contributed by atoms with E-state index in [-0.39, 0.29) is 29.2 Å². The average molecular weight is 702 g/mol. The van der Waals surface area contributed by atoms with Crippen LogP contribution >= 0.6 is 0 Å². The third-order valence-electron chi connectivity index (χ3n) is 8.59. The molecular formula is C38H38F3N5O5. The number of halogens is 3. The summed E-state index contributed by atoms with van der Waals surface area (Å²) >= 11 is 0. The number of piperazine rings is 1. The first-order chi connectivity index (χ1) is 24.4. The van der Waals surface area contributed by atoms with Crippen LogP contribution in [0.3, 0.4) is 0 Å². The second kappa shape index (κ2) is 14.7. The summed E-state index contributed by atoms with van der Waals surface area (Å²) in [5.74, 6) is 0.720. The summed E-state index contributed by atoms with van der Waals surface area (Å²) in [7, 11) is 3.05. The predicted molar refractivity (Wildman–Crippen MR) is 187 cm³/mol. The van der Waals surface area contributed by atoms with E-state index in [0.29, 0.717) is 30.2 Å². The van der Waals surface area contributed by atoms with Crippen molar-refractivity contribution in [2.75, 3.05) is 38.6 Å². The zero-order valence-electron chi connectivity index (χ0n) is 28.7. The van der Waals surface area contributed by atoms with Crippen LogP contribution in [0.25, 0.3) is 10.9 Å². The average Bonchev–Trinajstić information content (AvgIpc) is 3.44. The smallest absolute Gasteiger partial charge is 0.416 e. The van der Waals surface area contributed by atoms with Gasteiger partial charge < -0.3 is 29.0 Å². The van der Waals surface area contributed by atoms with Crippen molar-refractivity contribution in [3.8, 4) is 23.1 Å². The number of nitrogens with one attached hydrogen (secondary N) is 1. The first kappa shape index (κ1) is 35.3. The Balaban J connectivity index is 1.05. The maximum atomic E-state index is 13.6. The Labute approximate surface area is 293 Å². The fraction of sp³-hybridized carbons (Fsp3) is 0.289. The van der Waals surface area contributed by atoms with Crippen LogP contribution in [-0.4, -0.2) is 70.6 Å².